The van der Waals surface area contributed by atoms with E-state index in [9.17, 15) is 26.0 Å². The summed E-state index contributed by atoms with van der Waals surface area (Å²) in [5.74, 6) is -0.682. The summed E-state index contributed by atoms with van der Waals surface area (Å²) in [5.41, 5.74) is 0.669. The molecule has 0 bridgehead atoms. The van der Waals surface area contributed by atoms with Crippen LogP contribution < -0.4 is 15.5 Å². The first kappa shape index (κ1) is 19.2. The molecule has 0 amide bonds. The molecule has 2 N–H and O–H groups in total. The number of anilines is 3. The van der Waals surface area contributed by atoms with E-state index in [1.54, 1.807) is 18.3 Å². The van der Waals surface area contributed by atoms with Gasteiger partial charge in [0.15, 0.2) is 0 Å². The van der Waals surface area contributed by atoms with Crippen LogP contribution in [0.2, 0.25) is 0 Å². The first-order valence-electron chi connectivity index (χ1n) is 7.92. The zero-order chi connectivity index (χ0) is 19.8. The number of benzene rings is 1. The van der Waals surface area contributed by atoms with Crippen LogP contribution in [0.4, 0.5) is 34.8 Å². The monoisotopic (exact) mass is 404 g/mol. The molecule has 2 heterocycles. The van der Waals surface area contributed by atoms with Crippen molar-refractivity contribution >= 4 is 27.0 Å². The Bertz CT molecular complexity index is 924. The molecule has 0 aliphatic carbocycles. The number of nitrogen functional groups attached to an aromatic ring is 1. The predicted octanol–water partition coefficient (Wildman–Crippen LogP) is 2.42. The Morgan fingerprint density at radius 2 is 1.63 bits per heavy atom. The first-order valence-corrected chi connectivity index (χ1v) is 9.40. The number of alkyl halides is 3. The summed E-state index contributed by atoms with van der Waals surface area (Å²) in [6.07, 6.45) is 1.59. The van der Waals surface area contributed by atoms with E-state index < -0.39 is 26.1 Å². The van der Waals surface area contributed by atoms with Crippen LogP contribution in [0.3, 0.4) is 0 Å². The van der Waals surface area contributed by atoms with Gasteiger partial charge in [0.25, 0.3) is 9.84 Å². The van der Waals surface area contributed by atoms with Crippen molar-refractivity contribution in [2.75, 3.05) is 41.7 Å². The number of nitrogens with two attached hydrogens (primary N) is 1. The van der Waals surface area contributed by atoms with Gasteiger partial charge >= 0.3 is 5.51 Å². The molecular weight excluding hydrogens is 388 g/mol. The van der Waals surface area contributed by atoms with Crippen LogP contribution in [0.5, 0.6) is 0 Å². The molecule has 3 rings (SSSR count). The Morgan fingerprint density at radius 1 is 1.00 bits per heavy atom. The number of nitrogens with zero attached hydrogens (tertiary/aromatic N) is 3. The van der Waals surface area contributed by atoms with Crippen molar-refractivity contribution < 1.29 is 26.0 Å². The third-order valence-electron chi connectivity index (χ3n) is 4.27. The van der Waals surface area contributed by atoms with Crippen LogP contribution >= 0.6 is 0 Å². The Balaban J connectivity index is 1.85. The van der Waals surface area contributed by atoms with Crippen LogP contribution in [-0.4, -0.2) is 45.1 Å². The molecule has 1 saturated heterocycles. The predicted molar refractivity (Wildman–Crippen MR) is 92.7 cm³/mol. The topological polar surface area (TPSA) is 79.5 Å². The van der Waals surface area contributed by atoms with Gasteiger partial charge < -0.3 is 15.5 Å². The van der Waals surface area contributed by atoms with Gasteiger partial charge in [-0.05, 0) is 30.3 Å². The third kappa shape index (κ3) is 3.77. The van der Waals surface area contributed by atoms with Crippen LogP contribution in [0.25, 0.3) is 0 Å². The molecule has 1 aliphatic rings. The number of halogens is 4. The van der Waals surface area contributed by atoms with Gasteiger partial charge in [-0.2, -0.15) is 13.2 Å². The molecule has 1 aromatic carbocycles. The van der Waals surface area contributed by atoms with Gasteiger partial charge in [0, 0.05) is 26.2 Å². The fourth-order valence-corrected chi connectivity index (χ4v) is 3.87. The molecule has 11 heteroatoms. The summed E-state index contributed by atoms with van der Waals surface area (Å²) in [7, 11) is -5.67. The van der Waals surface area contributed by atoms with E-state index in [0.717, 1.165) is 17.8 Å². The Kier molecular flexibility index (Phi) is 4.89. The van der Waals surface area contributed by atoms with Gasteiger partial charge in [0.1, 0.15) is 16.5 Å². The Morgan fingerprint density at radius 3 is 2.19 bits per heavy atom. The molecular formula is C16H16F4N4O2S. The number of piperazine rings is 1. The number of sulfone groups is 1. The van der Waals surface area contributed by atoms with Crippen LogP contribution in [0.15, 0.2) is 41.4 Å². The summed E-state index contributed by atoms with van der Waals surface area (Å²) in [5, 5.41) is 0. The van der Waals surface area contributed by atoms with Crippen molar-refractivity contribution in [3.05, 3.63) is 42.3 Å². The summed E-state index contributed by atoms with van der Waals surface area (Å²) in [6.45, 7) is 1.37. The average Bonchev–Trinajstić information content (AvgIpc) is 2.61. The van der Waals surface area contributed by atoms with E-state index in [0.29, 0.717) is 25.0 Å². The molecule has 1 aliphatic heterocycles. The molecule has 0 spiro atoms. The lowest BCUT2D eigenvalue weighted by Crippen LogP contribution is -2.47. The molecule has 1 aromatic heterocycles. The van der Waals surface area contributed by atoms with E-state index in [2.05, 4.69) is 4.98 Å². The van der Waals surface area contributed by atoms with Crippen molar-refractivity contribution in [2.45, 2.75) is 10.4 Å². The minimum Gasteiger partial charge on any atom is -0.384 e. The molecule has 27 heavy (non-hydrogen) atoms. The molecule has 0 saturated carbocycles. The maximum Gasteiger partial charge on any atom is 0.501 e. The van der Waals surface area contributed by atoms with Gasteiger partial charge in [-0.25, -0.2) is 17.8 Å². The lowest BCUT2D eigenvalue weighted by Gasteiger charge is -2.38. The van der Waals surface area contributed by atoms with Crippen molar-refractivity contribution in [1.82, 2.24) is 4.98 Å². The summed E-state index contributed by atoms with van der Waals surface area (Å²) < 4.78 is 76.0. The summed E-state index contributed by atoms with van der Waals surface area (Å²) >= 11 is 0. The van der Waals surface area contributed by atoms with Crippen LogP contribution in [0.1, 0.15) is 0 Å². The lowest BCUT2D eigenvalue weighted by molar-refractivity contribution is -0.0435. The highest BCUT2D eigenvalue weighted by Crippen LogP contribution is 2.36. The van der Waals surface area contributed by atoms with Gasteiger partial charge in [0.2, 0.25) is 0 Å². The van der Waals surface area contributed by atoms with E-state index in [4.69, 9.17) is 5.73 Å². The number of hydrogen-bond donors (Lipinski definition) is 1. The number of aromatic nitrogens is 1. The van der Waals surface area contributed by atoms with Crippen molar-refractivity contribution in [2.24, 2.45) is 0 Å². The van der Waals surface area contributed by atoms with Crippen molar-refractivity contribution in [3.63, 3.8) is 0 Å². The highest BCUT2D eigenvalue weighted by Gasteiger charge is 2.48. The van der Waals surface area contributed by atoms with Gasteiger partial charge in [-0.1, -0.05) is 0 Å². The van der Waals surface area contributed by atoms with Gasteiger partial charge in [-0.3, -0.25) is 0 Å². The second kappa shape index (κ2) is 6.87. The van der Waals surface area contributed by atoms with Gasteiger partial charge in [-0.15, -0.1) is 0 Å². The van der Waals surface area contributed by atoms with E-state index in [1.165, 1.54) is 4.90 Å². The van der Waals surface area contributed by atoms with Crippen LogP contribution in [-0.2, 0) is 9.84 Å². The SMILES string of the molecule is Nc1ccc(N2CCN(c3ccc(F)cc3S(=O)(=O)C(F)(F)F)CC2)cn1. The van der Waals surface area contributed by atoms with Crippen LogP contribution in [0, 0.1) is 5.82 Å². The number of pyridine rings is 1. The Hall–Kier alpha value is -2.56. The number of rotatable bonds is 3. The maximum absolute atomic E-state index is 13.5. The second-order valence-electron chi connectivity index (χ2n) is 5.98. The quantitative estimate of drug-likeness (QED) is 0.792. The highest BCUT2D eigenvalue weighted by atomic mass is 32.2. The normalized spacial score (nSPS) is 15.9. The van der Waals surface area contributed by atoms with E-state index in [-0.39, 0.29) is 18.8 Å². The fourth-order valence-electron chi connectivity index (χ4n) is 2.88. The van der Waals surface area contributed by atoms with Crippen molar-refractivity contribution in [3.8, 4) is 0 Å². The fraction of sp³-hybridized carbons (Fsp3) is 0.312. The first-order chi connectivity index (χ1) is 12.6. The third-order valence-corrected chi connectivity index (χ3v) is 5.79. The molecule has 0 unspecified atom stereocenters. The molecule has 146 valence electrons. The standard InChI is InChI=1S/C16H16F4N4O2S/c17-11-1-3-13(14(9-11)27(25,26)16(18,19)20)24-7-5-23(6-8-24)12-2-4-15(21)22-10-12/h1-4,9-10H,5-8H2,(H2,21,22). The minimum absolute atomic E-state index is 0.163. The molecule has 0 atom stereocenters. The minimum atomic E-state index is -5.67. The smallest absolute Gasteiger partial charge is 0.384 e. The molecule has 6 nitrogen and oxygen atoms in total. The average molecular weight is 404 g/mol. The van der Waals surface area contributed by atoms with E-state index >= 15 is 0 Å². The summed E-state index contributed by atoms with van der Waals surface area (Å²) in [4.78, 5) is 6.37. The maximum atomic E-state index is 13.5. The molecule has 1 fully saturated rings. The van der Waals surface area contributed by atoms with Crippen molar-refractivity contribution in [1.29, 1.82) is 0 Å². The van der Waals surface area contributed by atoms with Gasteiger partial charge in [0.05, 0.1) is 17.6 Å². The molecule has 2 aromatic rings. The largest absolute Gasteiger partial charge is 0.501 e. The summed E-state index contributed by atoms with van der Waals surface area (Å²) in [6, 6.07) is 5.83. The Labute approximate surface area is 153 Å². The zero-order valence-electron chi connectivity index (χ0n) is 13.9. The second-order valence-corrected chi connectivity index (χ2v) is 7.89. The van der Waals surface area contributed by atoms with E-state index in [1.807, 2.05) is 4.90 Å². The molecule has 0 radical (unpaired) electrons. The lowest BCUT2D eigenvalue weighted by atomic mass is 10.2. The highest BCUT2D eigenvalue weighted by molar-refractivity contribution is 7.92. The number of hydrogen-bond acceptors (Lipinski definition) is 6. The zero-order valence-corrected chi connectivity index (χ0v) is 14.8.